The molecule has 0 bridgehead atoms. The molecule has 0 heterocycles. The Morgan fingerprint density at radius 1 is 1.47 bits per heavy atom. The van der Waals surface area contributed by atoms with Crippen molar-refractivity contribution in [1.82, 2.24) is 0 Å². The average molecular weight is 220 g/mol. The highest BCUT2D eigenvalue weighted by Crippen LogP contribution is 2.18. The summed E-state index contributed by atoms with van der Waals surface area (Å²) in [7, 11) is 0. The molecule has 1 N–H and O–H groups in total. The molecule has 0 saturated carbocycles. The van der Waals surface area contributed by atoms with Crippen LogP contribution in [0.5, 0.6) is 0 Å². The third-order valence-electron chi connectivity index (χ3n) is 2.15. The van der Waals surface area contributed by atoms with E-state index in [1.807, 2.05) is 36.9 Å². The normalized spacial score (nSPS) is 9.67. The van der Waals surface area contributed by atoms with Crippen LogP contribution in [0.15, 0.2) is 18.2 Å². The summed E-state index contributed by atoms with van der Waals surface area (Å²) < 4.78 is 0. The fourth-order valence-electron chi connectivity index (χ4n) is 1.37. The number of rotatable bonds is 5. The minimum Gasteiger partial charge on any atom is -0.383 e. The second-order valence-electron chi connectivity index (χ2n) is 3.23. The van der Waals surface area contributed by atoms with E-state index in [9.17, 15) is 0 Å². The van der Waals surface area contributed by atoms with Crippen LogP contribution in [-0.4, -0.2) is 18.1 Å². The van der Waals surface area contributed by atoms with Crippen LogP contribution in [0.25, 0.3) is 0 Å². The molecule has 0 aliphatic rings. The van der Waals surface area contributed by atoms with Crippen LogP contribution >= 0.6 is 11.8 Å². The zero-order valence-electron chi connectivity index (χ0n) is 9.21. The SMILES string of the molecule is CCSCCNc1cccc(C)c1C#N. The quantitative estimate of drug-likeness (QED) is 0.775. The zero-order valence-corrected chi connectivity index (χ0v) is 10.0. The van der Waals surface area contributed by atoms with Crippen molar-refractivity contribution < 1.29 is 0 Å². The predicted octanol–water partition coefficient (Wildman–Crippen LogP) is 3.03. The van der Waals surface area contributed by atoms with Crippen molar-refractivity contribution in [3.63, 3.8) is 0 Å². The molecular weight excluding hydrogens is 204 g/mol. The van der Waals surface area contributed by atoms with Crippen LogP contribution in [0.4, 0.5) is 5.69 Å². The minimum atomic E-state index is 0.763. The smallest absolute Gasteiger partial charge is 0.102 e. The largest absolute Gasteiger partial charge is 0.383 e. The Morgan fingerprint density at radius 2 is 2.27 bits per heavy atom. The molecule has 0 radical (unpaired) electrons. The number of benzene rings is 1. The van der Waals surface area contributed by atoms with Gasteiger partial charge in [-0.1, -0.05) is 19.1 Å². The van der Waals surface area contributed by atoms with Crippen molar-refractivity contribution in [1.29, 1.82) is 5.26 Å². The van der Waals surface area contributed by atoms with Gasteiger partial charge in [0.05, 0.1) is 11.3 Å². The highest BCUT2D eigenvalue weighted by molar-refractivity contribution is 7.99. The van der Waals surface area contributed by atoms with Crippen molar-refractivity contribution in [3.05, 3.63) is 29.3 Å². The molecule has 2 nitrogen and oxygen atoms in total. The van der Waals surface area contributed by atoms with Crippen LogP contribution in [0, 0.1) is 18.3 Å². The van der Waals surface area contributed by atoms with Gasteiger partial charge >= 0.3 is 0 Å². The topological polar surface area (TPSA) is 35.8 Å². The number of aryl methyl sites for hydroxylation is 1. The summed E-state index contributed by atoms with van der Waals surface area (Å²) in [5, 5.41) is 12.3. The number of nitrogens with zero attached hydrogens (tertiary/aromatic N) is 1. The molecule has 0 saturated heterocycles. The van der Waals surface area contributed by atoms with Gasteiger partial charge in [0, 0.05) is 12.3 Å². The molecule has 0 unspecified atom stereocenters. The summed E-state index contributed by atoms with van der Waals surface area (Å²) in [6, 6.07) is 8.14. The maximum atomic E-state index is 9.01. The van der Waals surface area contributed by atoms with Gasteiger partial charge in [0.1, 0.15) is 6.07 Å². The second-order valence-corrected chi connectivity index (χ2v) is 4.63. The molecule has 0 amide bonds. The third-order valence-corrected chi connectivity index (χ3v) is 3.05. The number of thioether (sulfide) groups is 1. The van der Waals surface area contributed by atoms with Gasteiger partial charge in [-0.2, -0.15) is 17.0 Å². The van der Waals surface area contributed by atoms with E-state index >= 15 is 0 Å². The van der Waals surface area contributed by atoms with Gasteiger partial charge in [-0.15, -0.1) is 0 Å². The Kier molecular flexibility index (Phi) is 5.06. The van der Waals surface area contributed by atoms with Crippen molar-refractivity contribution >= 4 is 17.4 Å². The lowest BCUT2D eigenvalue weighted by Crippen LogP contribution is -2.06. The van der Waals surface area contributed by atoms with Crippen LogP contribution in [0.1, 0.15) is 18.1 Å². The maximum Gasteiger partial charge on any atom is 0.102 e. The molecule has 3 heteroatoms. The molecule has 0 spiro atoms. The number of nitrogens with one attached hydrogen (secondary N) is 1. The van der Waals surface area contributed by atoms with E-state index < -0.39 is 0 Å². The van der Waals surface area contributed by atoms with Crippen LogP contribution < -0.4 is 5.32 Å². The number of hydrogen-bond acceptors (Lipinski definition) is 3. The van der Waals surface area contributed by atoms with Crippen molar-refractivity contribution in [2.45, 2.75) is 13.8 Å². The Labute approximate surface area is 95.7 Å². The van der Waals surface area contributed by atoms with Gasteiger partial charge in [0.15, 0.2) is 0 Å². The zero-order chi connectivity index (χ0) is 11.1. The first-order chi connectivity index (χ1) is 7.29. The fourth-order valence-corrected chi connectivity index (χ4v) is 1.90. The fraction of sp³-hybridized carbons (Fsp3) is 0.417. The molecule has 80 valence electrons. The molecular formula is C12H16N2S. The van der Waals surface area contributed by atoms with Gasteiger partial charge in [0.2, 0.25) is 0 Å². The molecule has 0 fully saturated rings. The van der Waals surface area contributed by atoms with Crippen molar-refractivity contribution in [2.75, 3.05) is 23.4 Å². The van der Waals surface area contributed by atoms with Gasteiger partial charge in [-0.05, 0) is 24.3 Å². The molecule has 1 rings (SSSR count). The second kappa shape index (κ2) is 6.36. The number of anilines is 1. The monoisotopic (exact) mass is 220 g/mol. The van der Waals surface area contributed by atoms with Crippen LogP contribution in [-0.2, 0) is 0 Å². The van der Waals surface area contributed by atoms with E-state index in [1.165, 1.54) is 0 Å². The van der Waals surface area contributed by atoms with Crippen LogP contribution in [0.2, 0.25) is 0 Å². The standard InChI is InChI=1S/C12H16N2S/c1-3-15-8-7-14-12-6-4-5-10(2)11(12)9-13/h4-6,14H,3,7-8H2,1-2H3. The van der Waals surface area contributed by atoms with Crippen molar-refractivity contribution in [3.8, 4) is 6.07 Å². The van der Waals surface area contributed by atoms with Gasteiger partial charge in [-0.25, -0.2) is 0 Å². The Hall–Kier alpha value is -1.14. The first kappa shape index (κ1) is 11.9. The van der Waals surface area contributed by atoms with E-state index in [0.717, 1.165) is 34.9 Å². The van der Waals surface area contributed by atoms with Crippen LogP contribution in [0.3, 0.4) is 0 Å². The summed E-state index contributed by atoms with van der Waals surface area (Å²) >= 11 is 1.90. The van der Waals surface area contributed by atoms with Gasteiger partial charge in [0.25, 0.3) is 0 Å². The van der Waals surface area contributed by atoms with Crippen molar-refractivity contribution in [2.24, 2.45) is 0 Å². The molecule has 1 aromatic rings. The lowest BCUT2D eigenvalue weighted by molar-refractivity contribution is 1.21. The molecule has 0 aliphatic heterocycles. The summed E-state index contributed by atoms with van der Waals surface area (Å²) in [5.74, 6) is 2.22. The summed E-state index contributed by atoms with van der Waals surface area (Å²) in [4.78, 5) is 0. The van der Waals surface area contributed by atoms with E-state index in [1.54, 1.807) is 0 Å². The Balaban J connectivity index is 2.61. The first-order valence-corrected chi connectivity index (χ1v) is 6.26. The lowest BCUT2D eigenvalue weighted by Gasteiger charge is -2.09. The highest BCUT2D eigenvalue weighted by Gasteiger charge is 2.03. The van der Waals surface area contributed by atoms with E-state index in [2.05, 4.69) is 18.3 Å². The Bertz CT molecular complexity index is 355. The number of nitriles is 1. The summed E-state index contributed by atoms with van der Waals surface area (Å²) in [5.41, 5.74) is 2.75. The molecule has 0 aromatic heterocycles. The minimum absolute atomic E-state index is 0.763. The number of hydrogen-bond donors (Lipinski definition) is 1. The van der Waals surface area contributed by atoms with Gasteiger partial charge < -0.3 is 5.32 Å². The predicted molar refractivity (Wildman–Crippen MR) is 67.4 cm³/mol. The first-order valence-electron chi connectivity index (χ1n) is 5.11. The molecule has 1 aromatic carbocycles. The molecule has 0 aliphatic carbocycles. The molecule has 15 heavy (non-hydrogen) atoms. The Morgan fingerprint density at radius 3 is 2.93 bits per heavy atom. The summed E-state index contributed by atoms with van der Waals surface area (Å²) in [6.07, 6.45) is 0. The van der Waals surface area contributed by atoms with E-state index in [4.69, 9.17) is 5.26 Å². The van der Waals surface area contributed by atoms with E-state index in [0.29, 0.717) is 0 Å². The lowest BCUT2D eigenvalue weighted by atomic mass is 10.1. The molecule has 0 atom stereocenters. The van der Waals surface area contributed by atoms with E-state index in [-0.39, 0.29) is 0 Å². The summed E-state index contributed by atoms with van der Waals surface area (Å²) in [6.45, 7) is 5.03. The third kappa shape index (κ3) is 3.49. The average Bonchev–Trinajstić information content (AvgIpc) is 2.24. The maximum absolute atomic E-state index is 9.01. The highest BCUT2D eigenvalue weighted by atomic mass is 32.2. The van der Waals surface area contributed by atoms with Gasteiger partial charge in [-0.3, -0.25) is 0 Å².